The lowest BCUT2D eigenvalue weighted by Gasteiger charge is -2.60. The lowest BCUT2D eigenvalue weighted by molar-refractivity contribution is -0.105. The number of carbonyl (C=O) groups is 1. The van der Waals surface area contributed by atoms with Crippen molar-refractivity contribution < 1.29 is 4.79 Å². The molecule has 0 bridgehead atoms. The van der Waals surface area contributed by atoms with Crippen LogP contribution in [0.2, 0.25) is 0 Å². The standard InChI is InChI=1S/C29H46N2OS/c1-18(2)7-6-8-19(3)22-11-12-23-21-10-9-20-15-25-26(33-27(31-25)30-17-32)16-29(20,5)24(21)13-14-28(22,23)4/h17-24H,6-16H2,1-5H3,(H,30,31,32)/t19-,20+,21+,22-,23+,24+,28-,29+/m1/s1. The summed E-state index contributed by atoms with van der Waals surface area (Å²) in [6, 6.07) is 0. The zero-order valence-corrected chi connectivity index (χ0v) is 22.5. The van der Waals surface area contributed by atoms with Gasteiger partial charge in [-0.05, 0) is 104 Å². The highest BCUT2D eigenvalue weighted by Crippen LogP contribution is 2.68. The van der Waals surface area contributed by atoms with E-state index >= 15 is 0 Å². The molecule has 1 amide bonds. The van der Waals surface area contributed by atoms with E-state index in [1.807, 2.05) is 0 Å². The van der Waals surface area contributed by atoms with Crippen molar-refractivity contribution in [2.45, 2.75) is 105 Å². The van der Waals surface area contributed by atoms with Crippen LogP contribution in [-0.4, -0.2) is 11.4 Å². The molecule has 5 rings (SSSR count). The molecule has 8 atom stereocenters. The van der Waals surface area contributed by atoms with E-state index in [0.29, 0.717) is 10.8 Å². The number of nitrogens with one attached hydrogen (secondary N) is 1. The molecule has 0 aliphatic heterocycles. The summed E-state index contributed by atoms with van der Waals surface area (Å²) < 4.78 is 0. The number of amides is 1. The average molecular weight is 471 g/mol. The van der Waals surface area contributed by atoms with Gasteiger partial charge < -0.3 is 5.32 Å². The molecule has 0 unspecified atom stereocenters. The molecule has 1 heterocycles. The van der Waals surface area contributed by atoms with E-state index in [1.54, 1.807) is 11.3 Å². The minimum Gasteiger partial charge on any atom is -0.305 e. The summed E-state index contributed by atoms with van der Waals surface area (Å²) in [7, 11) is 0. The molecular formula is C29H46N2OS. The Morgan fingerprint density at radius 3 is 2.61 bits per heavy atom. The number of hydrogen-bond acceptors (Lipinski definition) is 3. The molecule has 3 fully saturated rings. The number of anilines is 1. The topological polar surface area (TPSA) is 42.0 Å². The highest BCUT2D eigenvalue weighted by molar-refractivity contribution is 7.15. The summed E-state index contributed by atoms with van der Waals surface area (Å²) in [6.07, 6.45) is 16.0. The normalized spacial score (nSPS) is 40.5. The summed E-state index contributed by atoms with van der Waals surface area (Å²) >= 11 is 1.73. The van der Waals surface area contributed by atoms with E-state index in [4.69, 9.17) is 4.98 Å². The van der Waals surface area contributed by atoms with Crippen molar-refractivity contribution >= 4 is 22.9 Å². The summed E-state index contributed by atoms with van der Waals surface area (Å²) in [5.74, 6) is 6.20. The Kier molecular flexibility index (Phi) is 6.46. The molecule has 0 aromatic carbocycles. The van der Waals surface area contributed by atoms with Crippen LogP contribution in [0.3, 0.4) is 0 Å². The van der Waals surface area contributed by atoms with Gasteiger partial charge in [0.15, 0.2) is 5.13 Å². The molecule has 4 heteroatoms. The van der Waals surface area contributed by atoms with Gasteiger partial charge in [-0.2, -0.15) is 0 Å². The van der Waals surface area contributed by atoms with Gasteiger partial charge in [0.1, 0.15) is 0 Å². The van der Waals surface area contributed by atoms with Gasteiger partial charge in [0, 0.05) is 4.88 Å². The predicted octanol–water partition coefficient (Wildman–Crippen LogP) is 7.75. The second-order valence-electron chi connectivity index (χ2n) is 13.2. The summed E-state index contributed by atoms with van der Waals surface area (Å²) in [4.78, 5) is 17.2. The number of nitrogens with zero attached hydrogens (tertiary/aromatic N) is 1. The molecule has 1 N–H and O–H groups in total. The van der Waals surface area contributed by atoms with E-state index in [9.17, 15) is 4.79 Å². The first kappa shape index (κ1) is 23.8. The Bertz CT molecular complexity index is 864. The van der Waals surface area contributed by atoms with E-state index in [1.165, 1.54) is 74.8 Å². The zero-order valence-electron chi connectivity index (χ0n) is 21.7. The van der Waals surface area contributed by atoms with E-state index in [0.717, 1.165) is 59.4 Å². The third-order valence-corrected chi connectivity index (χ3v) is 12.2. The minimum absolute atomic E-state index is 0.420. The average Bonchev–Trinajstić information content (AvgIpc) is 3.30. The van der Waals surface area contributed by atoms with Crippen LogP contribution < -0.4 is 5.32 Å². The van der Waals surface area contributed by atoms with Gasteiger partial charge in [-0.3, -0.25) is 4.79 Å². The number of thiazole rings is 1. The first-order valence-electron chi connectivity index (χ1n) is 13.9. The summed E-state index contributed by atoms with van der Waals surface area (Å²) in [5.41, 5.74) is 2.28. The fourth-order valence-electron chi connectivity index (χ4n) is 9.54. The van der Waals surface area contributed by atoms with E-state index < -0.39 is 0 Å². The molecule has 33 heavy (non-hydrogen) atoms. The first-order valence-corrected chi connectivity index (χ1v) is 14.8. The molecule has 3 nitrogen and oxygen atoms in total. The number of carbonyl (C=O) groups excluding carboxylic acids is 1. The van der Waals surface area contributed by atoms with Crippen LogP contribution in [0.4, 0.5) is 5.13 Å². The lowest BCUT2D eigenvalue weighted by Crippen LogP contribution is -2.54. The van der Waals surface area contributed by atoms with Crippen molar-refractivity contribution in [2.24, 2.45) is 52.3 Å². The highest BCUT2D eigenvalue weighted by Gasteiger charge is 2.60. The Morgan fingerprint density at radius 1 is 1.06 bits per heavy atom. The van der Waals surface area contributed by atoms with Gasteiger partial charge in [-0.25, -0.2) is 4.98 Å². The second-order valence-corrected chi connectivity index (χ2v) is 14.3. The molecule has 0 radical (unpaired) electrons. The van der Waals surface area contributed by atoms with Crippen molar-refractivity contribution in [2.75, 3.05) is 5.32 Å². The number of aromatic nitrogens is 1. The maximum atomic E-state index is 10.9. The number of hydrogen-bond donors (Lipinski definition) is 1. The molecule has 3 saturated carbocycles. The Morgan fingerprint density at radius 2 is 1.85 bits per heavy atom. The van der Waals surface area contributed by atoms with Gasteiger partial charge in [0.25, 0.3) is 0 Å². The largest absolute Gasteiger partial charge is 0.305 e. The van der Waals surface area contributed by atoms with Gasteiger partial charge in [0.2, 0.25) is 6.41 Å². The van der Waals surface area contributed by atoms with Crippen molar-refractivity contribution in [3.63, 3.8) is 0 Å². The minimum atomic E-state index is 0.420. The third-order valence-electron chi connectivity index (χ3n) is 11.2. The third kappa shape index (κ3) is 4.00. The van der Waals surface area contributed by atoms with Gasteiger partial charge in [-0.15, -0.1) is 11.3 Å². The monoisotopic (exact) mass is 470 g/mol. The molecule has 1 aromatic heterocycles. The molecular weight excluding hydrogens is 424 g/mol. The lowest BCUT2D eigenvalue weighted by atomic mass is 9.45. The van der Waals surface area contributed by atoms with Crippen molar-refractivity contribution in [3.05, 3.63) is 10.6 Å². The van der Waals surface area contributed by atoms with Gasteiger partial charge in [-0.1, -0.05) is 53.9 Å². The smallest absolute Gasteiger partial charge is 0.213 e. The van der Waals surface area contributed by atoms with Crippen LogP contribution in [-0.2, 0) is 17.6 Å². The molecule has 0 spiro atoms. The molecule has 1 aromatic rings. The van der Waals surface area contributed by atoms with Crippen LogP contribution in [0.25, 0.3) is 0 Å². The highest BCUT2D eigenvalue weighted by atomic mass is 32.1. The summed E-state index contributed by atoms with van der Waals surface area (Å²) in [5, 5.41) is 3.61. The second kappa shape index (κ2) is 8.95. The predicted molar refractivity (Wildman–Crippen MR) is 138 cm³/mol. The van der Waals surface area contributed by atoms with Crippen LogP contribution in [0.1, 0.15) is 103 Å². The number of rotatable bonds is 7. The first-order chi connectivity index (χ1) is 15.8. The quantitative estimate of drug-likeness (QED) is 0.414. The van der Waals surface area contributed by atoms with E-state index in [2.05, 4.69) is 39.9 Å². The van der Waals surface area contributed by atoms with Crippen LogP contribution in [0, 0.1) is 52.3 Å². The maximum absolute atomic E-state index is 10.9. The van der Waals surface area contributed by atoms with Gasteiger partial charge >= 0.3 is 0 Å². The molecule has 184 valence electrons. The maximum Gasteiger partial charge on any atom is 0.213 e. The van der Waals surface area contributed by atoms with Crippen LogP contribution in [0.15, 0.2) is 0 Å². The van der Waals surface area contributed by atoms with E-state index in [-0.39, 0.29) is 0 Å². The Balaban J connectivity index is 1.32. The SMILES string of the molecule is CC(C)CCC[C@@H](C)[C@H]1CC[C@H]2[C@@H]3CC[C@H]4Cc5nc(NC=O)sc5C[C@]4(C)[C@H]3CC[C@]12C. The number of fused-ring (bicyclic) bond motifs is 6. The molecule has 4 aliphatic rings. The fourth-order valence-corrected chi connectivity index (χ4v) is 10.7. The van der Waals surface area contributed by atoms with Crippen LogP contribution >= 0.6 is 11.3 Å². The van der Waals surface area contributed by atoms with Gasteiger partial charge in [0.05, 0.1) is 5.69 Å². The molecule has 0 saturated heterocycles. The summed E-state index contributed by atoms with van der Waals surface area (Å²) in [6.45, 7) is 12.7. The Hall–Kier alpha value is -0.900. The molecule has 4 aliphatic carbocycles. The fraction of sp³-hybridized carbons (Fsp3) is 0.862. The van der Waals surface area contributed by atoms with Crippen molar-refractivity contribution in [3.8, 4) is 0 Å². The van der Waals surface area contributed by atoms with Crippen LogP contribution in [0.5, 0.6) is 0 Å². The zero-order chi connectivity index (χ0) is 23.4. The van der Waals surface area contributed by atoms with Crippen molar-refractivity contribution in [1.29, 1.82) is 0 Å². The van der Waals surface area contributed by atoms with Crippen molar-refractivity contribution in [1.82, 2.24) is 4.98 Å². The Labute approximate surface area is 205 Å².